The number of fused-ring (bicyclic) bond motifs is 2. The lowest BCUT2D eigenvalue weighted by Crippen LogP contribution is -2.42. The highest BCUT2D eigenvalue weighted by Crippen LogP contribution is 2.49. The Morgan fingerprint density at radius 2 is 1.65 bits per heavy atom. The molecule has 1 N–H and O–H groups in total. The molecule has 1 aromatic carbocycles. The molecule has 0 bridgehead atoms. The van der Waals surface area contributed by atoms with Crippen molar-refractivity contribution >= 4 is 11.0 Å². The Hall–Kier alpha value is -1.32. The zero-order chi connectivity index (χ0) is 12.4. The maximum Gasteiger partial charge on any atom is 0.134 e. The number of nitrogens with zero attached hydrogens (tertiary/aromatic N) is 1. The molecule has 2 heterocycles. The van der Waals surface area contributed by atoms with E-state index in [2.05, 4.69) is 6.07 Å². The highest BCUT2D eigenvalue weighted by molar-refractivity contribution is 5.80. The van der Waals surface area contributed by atoms with E-state index in [1.807, 2.05) is 39.8 Å². The van der Waals surface area contributed by atoms with Gasteiger partial charge in [-0.3, -0.25) is 0 Å². The number of benzene rings is 1. The SMILES string of the molecule is CC1(C)c2cc3ccoc3cc2C(C)(C)N1O. The zero-order valence-corrected chi connectivity index (χ0v) is 10.6. The Morgan fingerprint density at radius 1 is 1.06 bits per heavy atom. The van der Waals surface area contributed by atoms with Crippen molar-refractivity contribution in [2.24, 2.45) is 0 Å². The van der Waals surface area contributed by atoms with Crippen LogP contribution in [0.2, 0.25) is 0 Å². The third-order valence-electron chi connectivity index (χ3n) is 3.97. The van der Waals surface area contributed by atoms with Crippen LogP contribution in [0.25, 0.3) is 11.0 Å². The Morgan fingerprint density at radius 3 is 2.29 bits per heavy atom. The Labute approximate surface area is 101 Å². The van der Waals surface area contributed by atoms with Gasteiger partial charge in [-0.15, -0.1) is 0 Å². The van der Waals surface area contributed by atoms with Crippen LogP contribution in [0.4, 0.5) is 0 Å². The minimum atomic E-state index is -0.389. The molecule has 3 heteroatoms. The average Bonchev–Trinajstić information content (AvgIpc) is 2.76. The number of hydrogen-bond donors (Lipinski definition) is 1. The van der Waals surface area contributed by atoms with Crippen LogP contribution in [0.5, 0.6) is 0 Å². The van der Waals surface area contributed by atoms with Crippen molar-refractivity contribution in [3.8, 4) is 0 Å². The van der Waals surface area contributed by atoms with E-state index in [4.69, 9.17) is 4.42 Å². The average molecular weight is 231 g/mol. The molecule has 0 saturated heterocycles. The van der Waals surface area contributed by atoms with Crippen molar-refractivity contribution in [1.82, 2.24) is 5.06 Å². The largest absolute Gasteiger partial charge is 0.464 e. The smallest absolute Gasteiger partial charge is 0.134 e. The molecule has 3 rings (SSSR count). The molecule has 0 radical (unpaired) electrons. The van der Waals surface area contributed by atoms with Gasteiger partial charge in [-0.2, -0.15) is 5.06 Å². The summed E-state index contributed by atoms with van der Waals surface area (Å²) in [5, 5.41) is 12.9. The third-order valence-corrected chi connectivity index (χ3v) is 3.97. The Balaban J connectivity index is 2.38. The third kappa shape index (κ3) is 1.18. The van der Waals surface area contributed by atoms with Crippen molar-refractivity contribution in [3.63, 3.8) is 0 Å². The zero-order valence-electron chi connectivity index (χ0n) is 10.6. The van der Waals surface area contributed by atoms with E-state index in [-0.39, 0.29) is 11.1 Å². The Bertz CT molecular complexity index is 545. The second kappa shape index (κ2) is 2.92. The summed E-state index contributed by atoms with van der Waals surface area (Å²) < 4.78 is 5.44. The van der Waals surface area contributed by atoms with Gasteiger partial charge in [-0.25, -0.2) is 0 Å². The van der Waals surface area contributed by atoms with E-state index in [1.165, 1.54) is 10.6 Å². The van der Waals surface area contributed by atoms with E-state index in [0.717, 1.165) is 16.5 Å². The molecule has 3 nitrogen and oxygen atoms in total. The molecule has 0 spiro atoms. The molecule has 1 aromatic heterocycles. The van der Waals surface area contributed by atoms with Crippen molar-refractivity contribution in [3.05, 3.63) is 35.6 Å². The lowest BCUT2D eigenvalue weighted by atomic mass is 9.90. The second-order valence-electron chi connectivity index (χ2n) is 5.79. The van der Waals surface area contributed by atoms with E-state index in [9.17, 15) is 5.21 Å². The van der Waals surface area contributed by atoms with E-state index >= 15 is 0 Å². The van der Waals surface area contributed by atoms with Crippen LogP contribution in [-0.4, -0.2) is 10.3 Å². The van der Waals surface area contributed by atoms with Crippen molar-refractivity contribution in [2.75, 3.05) is 0 Å². The number of rotatable bonds is 0. The summed E-state index contributed by atoms with van der Waals surface area (Å²) in [6.07, 6.45) is 1.70. The van der Waals surface area contributed by atoms with Crippen molar-refractivity contribution in [1.29, 1.82) is 0 Å². The van der Waals surface area contributed by atoms with E-state index in [0.29, 0.717) is 0 Å². The molecule has 0 unspecified atom stereocenters. The predicted molar refractivity (Wildman–Crippen MR) is 65.9 cm³/mol. The quantitative estimate of drug-likeness (QED) is 0.752. The first-order valence-electron chi connectivity index (χ1n) is 5.86. The molecular formula is C14H17NO2. The maximum atomic E-state index is 10.4. The molecule has 17 heavy (non-hydrogen) atoms. The van der Waals surface area contributed by atoms with Crippen LogP contribution in [0.15, 0.2) is 28.9 Å². The molecule has 1 aliphatic heterocycles. The molecule has 0 atom stereocenters. The lowest BCUT2D eigenvalue weighted by molar-refractivity contribution is -0.216. The minimum absolute atomic E-state index is 0.371. The Kier molecular flexibility index (Phi) is 1.86. The first-order chi connectivity index (χ1) is 7.85. The first kappa shape index (κ1) is 10.8. The number of furan rings is 1. The molecule has 0 amide bonds. The van der Waals surface area contributed by atoms with Gasteiger partial charge in [0.15, 0.2) is 0 Å². The van der Waals surface area contributed by atoms with Crippen LogP contribution in [0.3, 0.4) is 0 Å². The second-order valence-corrected chi connectivity index (χ2v) is 5.79. The number of hydrogen-bond acceptors (Lipinski definition) is 3. The monoisotopic (exact) mass is 231 g/mol. The van der Waals surface area contributed by atoms with E-state index < -0.39 is 0 Å². The molecule has 0 saturated carbocycles. The van der Waals surface area contributed by atoms with E-state index in [1.54, 1.807) is 6.26 Å². The van der Waals surface area contributed by atoms with Gasteiger partial charge >= 0.3 is 0 Å². The summed E-state index contributed by atoms with van der Waals surface area (Å²) >= 11 is 0. The van der Waals surface area contributed by atoms with Gasteiger partial charge in [0.2, 0.25) is 0 Å². The normalized spacial score (nSPS) is 21.9. The van der Waals surface area contributed by atoms with Crippen molar-refractivity contribution < 1.29 is 9.62 Å². The maximum absolute atomic E-state index is 10.4. The molecule has 2 aromatic rings. The molecule has 0 fully saturated rings. The minimum Gasteiger partial charge on any atom is -0.464 e. The molecule has 0 aliphatic carbocycles. The van der Waals surface area contributed by atoms with Gasteiger partial charge in [0.1, 0.15) is 5.58 Å². The van der Waals surface area contributed by atoms with Gasteiger partial charge in [-0.05, 0) is 57.0 Å². The topological polar surface area (TPSA) is 36.6 Å². The molecular weight excluding hydrogens is 214 g/mol. The standard InChI is InChI=1S/C14H17NO2/c1-13(2)10-7-9-5-6-17-12(9)8-11(10)14(3,4)15(13)16/h5-8,16H,1-4H3. The predicted octanol–water partition coefficient (Wildman–Crippen LogP) is 3.61. The fraction of sp³-hybridized carbons (Fsp3) is 0.429. The fourth-order valence-electron chi connectivity index (χ4n) is 2.95. The van der Waals surface area contributed by atoms with Crippen LogP contribution in [0, 0.1) is 0 Å². The van der Waals surface area contributed by atoms with Gasteiger partial charge in [0.25, 0.3) is 0 Å². The lowest BCUT2D eigenvalue weighted by Gasteiger charge is -2.34. The summed E-state index contributed by atoms with van der Waals surface area (Å²) in [5.74, 6) is 0. The first-order valence-corrected chi connectivity index (χ1v) is 5.86. The fourth-order valence-corrected chi connectivity index (χ4v) is 2.95. The van der Waals surface area contributed by atoms with Crippen LogP contribution >= 0.6 is 0 Å². The van der Waals surface area contributed by atoms with Gasteiger partial charge in [0.05, 0.1) is 17.3 Å². The highest BCUT2D eigenvalue weighted by atomic mass is 16.5. The summed E-state index contributed by atoms with van der Waals surface area (Å²) in [5.41, 5.74) is 2.42. The van der Waals surface area contributed by atoms with Crippen LogP contribution < -0.4 is 0 Å². The van der Waals surface area contributed by atoms with Gasteiger partial charge in [-0.1, -0.05) is 0 Å². The van der Waals surface area contributed by atoms with Crippen molar-refractivity contribution in [2.45, 2.75) is 38.8 Å². The van der Waals surface area contributed by atoms with Gasteiger partial charge in [0, 0.05) is 5.39 Å². The summed E-state index contributed by atoms with van der Waals surface area (Å²) in [4.78, 5) is 0. The summed E-state index contributed by atoms with van der Waals surface area (Å²) in [6.45, 7) is 8.11. The van der Waals surface area contributed by atoms with Crippen LogP contribution in [-0.2, 0) is 11.1 Å². The molecule has 1 aliphatic rings. The van der Waals surface area contributed by atoms with Gasteiger partial charge < -0.3 is 9.62 Å². The number of hydroxylamine groups is 2. The van der Waals surface area contributed by atoms with Crippen LogP contribution in [0.1, 0.15) is 38.8 Å². The summed E-state index contributed by atoms with van der Waals surface area (Å²) in [6, 6.07) is 6.12. The highest BCUT2D eigenvalue weighted by Gasteiger charge is 2.49. The molecule has 90 valence electrons. The summed E-state index contributed by atoms with van der Waals surface area (Å²) in [7, 11) is 0.